The third kappa shape index (κ3) is 4.15. The number of methoxy groups -OCH3 is 1. The van der Waals surface area contributed by atoms with Crippen molar-refractivity contribution in [2.45, 2.75) is 0 Å². The highest BCUT2D eigenvalue weighted by Gasteiger charge is 2.19. The summed E-state index contributed by atoms with van der Waals surface area (Å²) in [7, 11) is 1.70. The maximum absolute atomic E-state index is 13.0. The lowest BCUT2D eigenvalue weighted by Gasteiger charge is -2.33. The van der Waals surface area contributed by atoms with Crippen LogP contribution in [-0.2, 0) is 0 Å². The van der Waals surface area contributed by atoms with Crippen LogP contribution in [0, 0.1) is 5.82 Å². The number of quaternary nitrogens is 1. The molecule has 0 amide bonds. The van der Waals surface area contributed by atoms with Gasteiger partial charge in [0.2, 0.25) is 0 Å². The molecule has 0 radical (unpaired) electrons. The van der Waals surface area contributed by atoms with Crippen LogP contribution in [0.5, 0.6) is 5.75 Å². The molecule has 3 nitrogen and oxygen atoms in total. The summed E-state index contributed by atoms with van der Waals surface area (Å²) in [5.74, 6) is 0.731. The first-order chi connectivity index (χ1) is 11.8. The average Bonchev–Trinajstić information content (AvgIpc) is 2.63. The molecule has 126 valence electrons. The van der Waals surface area contributed by atoms with Gasteiger partial charge in [0, 0.05) is 11.3 Å². The first-order valence-corrected chi connectivity index (χ1v) is 8.40. The van der Waals surface area contributed by atoms with Gasteiger partial charge in [-0.15, -0.1) is 0 Å². The molecule has 0 aliphatic carbocycles. The number of hydrogen-bond donors (Lipinski definition) is 1. The third-order valence-corrected chi connectivity index (χ3v) is 4.51. The molecule has 2 aromatic carbocycles. The molecule has 3 rings (SSSR count). The molecule has 0 saturated carbocycles. The Kier molecular flexibility index (Phi) is 5.49. The van der Waals surface area contributed by atoms with Gasteiger partial charge in [-0.25, -0.2) is 4.39 Å². The van der Waals surface area contributed by atoms with Crippen LogP contribution in [0.25, 0.3) is 6.08 Å². The molecule has 1 aliphatic rings. The van der Waals surface area contributed by atoms with Crippen LogP contribution in [0.4, 0.5) is 10.1 Å². The Morgan fingerprint density at radius 1 is 1.08 bits per heavy atom. The fourth-order valence-electron chi connectivity index (χ4n) is 3.09. The van der Waals surface area contributed by atoms with Gasteiger partial charge in [-0.3, -0.25) is 0 Å². The molecular formula is C20H24FN2O+. The molecule has 0 bridgehead atoms. The van der Waals surface area contributed by atoms with Gasteiger partial charge in [0.1, 0.15) is 11.6 Å². The number of halogens is 1. The van der Waals surface area contributed by atoms with E-state index < -0.39 is 0 Å². The molecule has 24 heavy (non-hydrogen) atoms. The minimum atomic E-state index is -0.176. The van der Waals surface area contributed by atoms with Crippen molar-refractivity contribution in [1.82, 2.24) is 0 Å². The third-order valence-electron chi connectivity index (χ3n) is 4.51. The van der Waals surface area contributed by atoms with Gasteiger partial charge in [-0.05, 0) is 42.5 Å². The van der Waals surface area contributed by atoms with Crippen LogP contribution in [0.3, 0.4) is 0 Å². The van der Waals surface area contributed by atoms with Gasteiger partial charge in [0.05, 0.1) is 39.8 Å². The summed E-state index contributed by atoms with van der Waals surface area (Å²) in [6, 6.07) is 14.8. The maximum atomic E-state index is 13.0. The summed E-state index contributed by atoms with van der Waals surface area (Å²) in [6.07, 6.45) is 4.36. The summed E-state index contributed by atoms with van der Waals surface area (Å²) in [5.41, 5.74) is 2.23. The lowest BCUT2D eigenvalue weighted by molar-refractivity contribution is -0.894. The standard InChI is InChI=1S/C20H23FN2O/c1-24-20-7-3-2-5-17(20)6-4-12-22-13-15-23(16-14-22)19-10-8-18(21)9-11-19/h2-11H,12-16H2,1H3/p+1/b6-4+. The van der Waals surface area contributed by atoms with E-state index >= 15 is 0 Å². The number of piperazine rings is 1. The lowest BCUT2D eigenvalue weighted by atomic mass is 10.2. The van der Waals surface area contributed by atoms with E-state index in [0.717, 1.165) is 49.7 Å². The molecule has 2 aromatic rings. The largest absolute Gasteiger partial charge is 0.496 e. The Morgan fingerprint density at radius 2 is 1.79 bits per heavy atom. The monoisotopic (exact) mass is 327 g/mol. The highest BCUT2D eigenvalue weighted by Crippen LogP contribution is 2.18. The number of anilines is 1. The lowest BCUT2D eigenvalue weighted by Crippen LogP contribution is -3.14. The van der Waals surface area contributed by atoms with E-state index in [-0.39, 0.29) is 5.82 Å². The normalized spacial score (nSPS) is 15.8. The van der Waals surface area contributed by atoms with Crippen molar-refractivity contribution in [2.75, 3.05) is 44.7 Å². The van der Waals surface area contributed by atoms with Crippen LogP contribution >= 0.6 is 0 Å². The molecule has 1 saturated heterocycles. The summed E-state index contributed by atoms with van der Waals surface area (Å²) in [6.45, 7) is 5.20. The van der Waals surface area contributed by atoms with E-state index in [0.29, 0.717) is 0 Å². The van der Waals surface area contributed by atoms with Crippen LogP contribution in [0.2, 0.25) is 0 Å². The minimum absolute atomic E-state index is 0.176. The van der Waals surface area contributed by atoms with Crippen LogP contribution in [-0.4, -0.2) is 39.8 Å². The number of nitrogens with one attached hydrogen (secondary N) is 1. The van der Waals surface area contributed by atoms with Crippen molar-refractivity contribution in [3.8, 4) is 5.75 Å². The van der Waals surface area contributed by atoms with Crippen molar-refractivity contribution in [3.05, 3.63) is 66.0 Å². The Morgan fingerprint density at radius 3 is 2.50 bits per heavy atom. The summed E-state index contributed by atoms with van der Waals surface area (Å²) < 4.78 is 18.4. The highest BCUT2D eigenvalue weighted by molar-refractivity contribution is 5.57. The maximum Gasteiger partial charge on any atom is 0.126 e. The van der Waals surface area contributed by atoms with Crippen molar-refractivity contribution >= 4 is 11.8 Å². The zero-order chi connectivity index (χ0) is 16.8. The molecule has 4 heteroatoms. The van der Waals surface area contributed by atoms with Crippen LogP contribution in [0.15, 0.2) is 54.6 Å². The molecule has 0 atom stereocenters. The molecular weight excluding hydrogens is 303 g/mol. The Hall–Kier alpha value is -2.33. The van der Waals surface area contributed by atoms with Crippen molar-refractivity contribution in [2.24, 2.45) is 0 Å². The van der Waals surface area contributed by atoms with Crippen LogP contribution in [0.1, 0.15) is 5.56 Å². The number of para-hydroxylation sites is 1. The smallest absolute Gasteiger partial charge is 0.126 e. The average molecular weight is 327 g/mol. The zero-order valence-electron chi connectivity index (χ0n) is 14.0. The number of nitrogens with zero attached hydrogens (tertiary/aromatic N) is 1. The molecule has 0 aromatic heterocycles. The predicted octanol–water partition coefficient (Wildman–Crippen LogP) is 2.25. The fourth-order valence-corrected chi connectivity index (χ4v) is 3.09. The molecule has 1 fully saturated rings. The Balaban J connectivity index is 1.50. The van der Waals surface area contributed by atoms with Gasteiger partial charge in [-0.1, -0.05) is 18.2 Å². The number of rotatable bonds is 5. The quantitative estimate of drug-likeness (QED) is 0.907. The van der Waals surface area contributed by atoms with E-state index in [9.17, 15) is 4.39 Å². The summed E-state index contributed by atoms with van der Waals surface area (Å²) in [5, 5.41) is 0. The molecule has 1 aliphatic heterocycles. The van der Waals surface area contributed by atoms with Crippen LogP contribution < -0.4 is 14.5 Å². The number of benzene rings is 2. The predicted molar refractivity (Wildman–Crippen MR) is 96.2 cm³/mol. The minimum Gasteiger partial charge on any atom is -0.496 e. The van der Waals surface area contributed by atoms with Crippen molar-refractivity contribution in [3.63, 3.8) is 0 Å². The molecule has 0 unspecified atom stereocenters. The SMILES string of the molecule is COc1ccccc1/C=C/C[NH+]1CCN(c2ccc(F)cc2)CC1. The molecule has 1 heterocycles. The number of hydrogen-bond acceptors (Lipinski definition) is 2. The second-order valence-electron chi connectivity index (χ2n) is 6.06. The molecule has 0 spiro atoms. The first kappa shape index (κ1) is 16.5. The summed E-state index contributed by atoms with van der Waals surface area (Å²) in [4.78, 5) is 3.90. The number of ether oxygens (including phenoxy) is 1. The van der Waals surface area contributed by atoms with Gasteiger partial charge in [0.25, 0.3) is 0 Å². The van der Waals surface area contributed by atoms with Gasteiger partial charge >= 0.3 is 0 Å². The fraction of sp³-hybridized carbons (Fsp3) is 0.300. The van der Waals surface area contributed by atoms with E-state index in [1.807, 2.05) is 30.3 Å². The highest BCUT2D eigenvalue weighted by atomic mass is 19.1. The van der Waals surface area contributed by atoms with Gasteiger partial charge in [-0.2, -0.15) is 0 Å². The van der Waals surface area contributed by atoms with E-state index in [2.05, 4.69) is 23.1 Å². The topological polar surface area (TPSA) is 16.9 Å². The van der Waals surface area contributed by atoms with Crippen molar-refractivity contribution < 1.29 is 14.0 Å². The Labute approximate surface area is 143 Å². The second-order valence-corrected chi connectivity index (χ2v) is 6.06. The van der Waals surface area contributed by atoms with E-state index in [1.54, 1.807) is 12.0 Å². The van der Waals surface area contributed by atoms with Gasteiger partial charge in [0.15, 0.2) is 0 Å². The van der Waals surface area contributed by atoms with Crippen molar-refractivity contribution in [1.29, 1.82) is 0 Å². The van der Waals surface area contributed by atoms with Gasteiger partial charge < -0.3 is 14.5 Å². The zero-order valence-corrected chi connectivity index (χ0v) is 14.0. The molecule has 1 N–H and O–H groups in total. The summed E-state index contributed by atoms with van der Waals surface area (Å²) >= 11 is 0. The first-order valence-electron chi connectivity index (χ1n) is 8.40. The van der Waals surface area contributed by atoms with E-state index in [1.165, 1.54) is 12.1 Å². The van der Waals surface area contributed by atoms with E-state index in [4.69, 9.17) is 4.74 Å². The second kappa shape index (κ2) is 7.97. The Bertz CT molecular complexity index is 676.